The number of β-lactam (4-membered cyclic amide) rings is 1. The van der Waals surface area contributed by atoms with Crippen LogP contribution in [0.5, 0.6) is 0 Å². The van der Waals surface area contributed by atoms with Gasteiger partial charge in [0.05, 0.1) is 17.8 Å². The van der Waals surface area contributed by atoms with Crippen molar-refractivity contribution in [3.63, 3.8) is 0 Å². The third kappa shape index (κ3) is 4.79. The number of carbonyl (C=O) groups excluding carboxylic acids is 2. The first-order chi connectivity index (χ1) is 14.1. The fraction of sp³-hybridized carbons (Fsp3) is 0.684. The first-order valence-electron chi connectivity index (χ1n) is 9.87. The van der Waals surface area contributed by atoms with Crippen LogP contribution in [0.25, 0.3) is 0 Å². The topological polar surface area (TPSA) is 99.1 Å². The van der Waals surface area contributed by atoms with E-state index in [0.717, 1.165) is 6.42 Å². The number of imide groups is 1. The van der Waals surface area contributed by atoms with Gasteiger partial charge in [-0.05, 0) is 30.8 Å². The second-order valence-corrected chi connectivity index (χ2v) is 8.48. The first kappa shape index (κ1) is 22.6. The Morgan fingerprint density at radius 2 is 1.97 bits per heavy atom. The summed E-state index contributed by atoms with van der Waals surface area (Å²) in [6.07, 6.45) is 1.17. The van der Waals surface area contributed by atoms with Crippen LogP contribution in [0.1, 0.15) is 38.5 Å². The molecule has 3 aliphatic rings. The highest BCUT2D eigenvalue weighted by Gasteiger charge is 2.56. The van der Waals surface area contributed by atoms with Gasteiger partial charge < -0.3 is 10.4 Å². The highest BCUT2D eigenvalue weighted by molar-refractivity contribution is 6.22. The number of nitrogens with one attached hydrogen (secondary N) is 1. The zero-order valence-electron chi connectivity index (χ0n) is 16.1. The molecule has 3 rings (SSSR count). The molecule has 0 aromatic rings. The van der Waals surface area contributed by atoms with Crippen LogP contribution >= 0.6 is 11.6 Å². The molecule has 7 nitrogen and oxygen atoms in total. The molecule has 166 valence electrons. The third-order valence-corrected chi connectivity index (χ3v) is 6.09. The quantitative estimate of drug-likeness (QED) is 0.497. The van der Waals surface area contributed by atoms with E-state index in [2.05, 4.69) is 4.99 Å². The van der Waals surface area contributed by atoms with Gasteiger partial charge in [-0.15, -0.1) is 11.6 Å². The first-order valence-corrected chi connectivity index (χ1v) is 10.3. The maximum Gasteiger partial charge on any atom is 0.408 e. The molecule has 11 heteroatoms. The highest BCUT2D eigenvalue weighted by Crippen LogP contribution is 2.37. The summed E-state index contributed by atoms with van der Waals surface area (Å²) < 4.78 is 40.7. The largest absolute Gasteiger partial charge is 0.480 e. The second-order valence-electron chi connectivity index (χ2n) is 7.92. The lowest BCUT2D eigenvalue weighted by Gasteiger charge is -2.44. The number of halogens is 4. The van der Waals surface area contributed by atoms with Crippen LogP contribution in [0.15, 0.2) is 16.6 Å². The summed E-state index contributed by atoms with van der Waals surface area (Å²) in [6.45, 7) is 0.362. The summed E-state index contributed by atoms with van der Waals surface area (Å²) in [4.78, 5) is 41.1. The number of aliphatic imine (C=N–C) groups is 1. The summed E-state index contributed by atoms with van der Waals surface area (Å²) in [5, 5.41) is 11.0. The number of urea groups is 1. The van der Waals surface area contributed by atoms with Gasteiger partial charge >= 0.3 is 18.2 Å². The number of carboxylic acids is 1. The van der Waals surface area contributed by atoms with Crippen LogP contribution in [0, 0.1) is 11.8 Å². The number of nitrogens with zero attached hydrogens (tertiary/aromatic N) is 2. The number of allylic oxidation sites excluding steroid dienone is 1. The van der Waals surface area contributed by atoms with Crippen LogP contribution in [-0.4, -0.2) is 64.3 Å². The number of carbonyl (C=O) groups is 3. The normalized spacial score (nSPS) is 28.5. The average molecular weight is 450 g/mol. The van der Waals surface area contributed by atoms with E-state index in [0.29, 0.717) is 42.7 Å². The van der Waals surface area contributed by atoms with Crippen molar-refractivity contribution in [3.8, 4) is 0 Å². The Labute approximate surface area is 176 Å². The van der Waals surface area contributed by atoms with E-state index < -0.39 is 48.0 Å². The van der Waals surface area contributed by atoms with Crippen molar-refractivity contribution in [1.82, 2.24) is 10.2 Å². The fourth-order valence-corrected chi connectivity index (χ4v) is 4.61. The molecule has 1 aliphatic carbocycles. The molecule has 2 N–H and O–H groups in total. The minimum absolute atomic E-state index is 0.00236. The second kappa shape index (κ2) is 8.95. The lowest BCUT2D eigenvalue weighted by molar-refractivity contribution is -0.172. The van der Waals surface area contributed by atoms with Crippen molar-refractivity contribution in [1.29, 1.82) is 0 Å². The summed E-state index contributed by atoms with van der Waals surface area (Å²) in [5.41, 5.74) is 0.557. The van der Waals surface area contributed by atoms with E-state index in [9.17, 15) is 32.7 Å². The van der Waals surface area contributed by atoms with Crippen LogP contribution in [0.2, 0.25) is 0 Å². The zero-order valence-corrected chi connectivity index (χ0v) is 16.8. The monoisotopic (exact) mass is 449 g/mol. The summed E-state index contributed by atoms with van der Waals surface area (Å²) in [7, 11) is 0. The van der Waals surface area contributed by atoms with Crippen molar-refractivity contribution in [2.75, 3.05) is 6.54 Å². The highest BCUT2D eigenvalue weighted by atomic mass is 35.5. The molecule has 30 heavy (non-hydrogen) atoms. The predicted molar refractivity (Wildman–Crippen MR) is 102 cm³/mol. The van der Waals surface area contributed by atoms with Gasteiger partial charge in [-0.3, -0.25) is 9.79 Å². The summed E-state index contributed by atoms with van der Waals surface area (Å²) in [5.74, 6) is -4.13. The Balaban J connectivity index is 1.72. The Kier molecular flexibility index (Phi) is 6.74. The average Bonchev–Trinajstić information content (AvgIpc) is 2.67. The molecule has 2 heterocycles. The lowest BCUT2D eigenvalue weighted by atomic mass is 9.81. The molecular weight excluding hydrogens is 427 g/mol. The molecule has 2 fully saturated rings. The number of hydrogen-bond donors (Lipinski definition) is 2. The van der Waals surface area contributed by atoms with Gasteiger partial charge in [0.2, 0.25) is 5.91 Å². The Morgan fingerprint density at radius 1 is 1.30 bits per heavy atom. The Morgan fingerprint density at radius 3 is 2.53 bits per heavy atom. The molecule has 3 amide bonds. The number of hydrogen-bond acceptors (Lipinski definition) is 4. The van der Waals surface area contributed by atoms with Crippen LogP contribution in [-0.2, 0) is 9.59 Å². The molecule has 1 saturated heterocycles. The van der Waals surface area contributed by atoms with Gasteiger partial charge in [-0.2, -0.15) is 13.2 Å². The van der Waals surface area contributed by atoms with Crippen LogP contribution < -0.4 is 5.32 Å². The predicted octanol–water partition coefficient (Wildman–Crippen LogP) is 3.13. The van der Waals surface area contributed by atoms with Crippen molar-refractivity contribution in [3.05, 3.63) is 11.6 Å². The molecule has 0 bridgehead atoms. The molecule has 1 saturated carbocycles. The maximum atomic E-state index is 13.6. The van der Waals surface area contributed by atoms with Crippen molar-refractivity contribution in [2.24, 2.45) is 16.8 Å². The third-order valence-electron chi connectivity index (χ3n) is 5.83. The maximum absolute atomic E-state index is 13.6. The zero-order chi connectivity index (χ0) is 22.1. The smallest absolute Gasteiger partial charge is 0.408 e. The van der Waals surface area contributed by atoms with E-state index in [1.165, 1.54) is 6.21 Å². The molecule has 0 aromatic carbocycles. The van der Waals surface area contributed by atoms with Crippen LogP contribution in [0.4, 0.5) is 18.0 Å². The SMILES string of the molecule is O=C(O)C1C(CC2=CC(Cl)CN=C2)C(=O)N1C(=O)NC(C1CCCCC1)C(F)(F)F. The number of likely N-dealkylation sites (tertiary alicyclic amines) is 1. The van der Waals surface area contributed by atoms with E-state index in [-0.39, 0.29) is 11.8 Å². The number of dihydropyridines is 1. The summed E-state index contributed by atoms with van der Waals surface area (Å²) in [6, 6.07) is -4.97. The Bertz CT molecular complexity index is 765. The van der Waals surface area contributed by atoms with E-state index in [1.807, 2.05) is 5.32 Å². The van der Waals surface area contributed by atoms with E-state index in [4.69, 9.17) is 11.6 Å². The number of aliphatic carboxylic acids is 1. The van der Waals surface area contributed by atoms with Gasteiger partial charge in [-0.1, -0.05) is 25.3 Å². The molecule has 4 unspecified atom stereocenters. The fourth-order valence-electron chi connectivity index (χ4n) is 4.37. The minimum Gasteiger partial charge on any atom is -0.480 e. The summed E-state index contributed by atoms with van der Waals surface area (Å²) >= 11 is 5.97. The van der Waals surface area contributed by atoms with E-state index in [1.54, 1.807) is 6.08 Å². The molecule has 0 radical (unpaired) electrons. The molecule has 0 spiro atoms. The number of carboxylic acid groups (broad SMARTS) is 1. The standard InChI is InChI=1S/C19H23ClF3N3O4/c20-12-6-10(8-24-9-12)7-13-14(17(28)29)26(16(13)27)18(30)25-15(19(21,22)23)11-4-2-1-3-5-11/h6,8,11-15H,1-5,7,9H2,(H,25,30)(H,28,29). The lowest BCUT2D eigenvalue weighted by Crippen LogP contribution is -2.69. The van der Waals surface area contributed by atoms with Crippen LogP contribution in [0.3, 0.4) is 0 Å². The van der Waals surface area contributed by atoms with Gasteiger partial charge in [0, 0.05) is 6.21 Å². The van der Waals surface area contributed by atoms with Gasteiger partial charge in [0.1, 0.15) is 6.04 Å². The van der Waals surface area contributed by atoms with Gasteiger partial charge in [0.15, 0.2) is 6.04 Å². The van der Waals surface area contributed by atoms with Crippen molar-refractivity contribution in [2.45, 2.75) is 62.2 Å². The number of amides is 3. The number of alkyl halides is 4. The minimum atomic E-state index is -4.69. The van der Waals surface area contributed by atoms with E-state index >= 15 is 0 Å². The number of rotatable bonds is 5. The van der Waals surface area contributed by atoms with Crippen molar-refractivity contribution >= 4 is 35.7 Å². The van der Waals surface area contributed by atoms with Crippen molar-refractivity contribution < 1.29 is 32.7 Å². The molecule has 2 aliphatic heterocycles. The Hall–Kier alpha value is -2.10. The van der Waals surface area contributed by atoms with Gasteiger partial charge in [0.25, 0.3) is 0 Å². The molecular formula is C19H23ClF3N3O4. The van der Waals surface area contributed by atoms with Gasteiger partial charge in [-0.25, -0.2) is 14.5 Å². The molecule has 0 aromatic heterocycles. The molecule has 4 atom stereocenters.